The molecule has 0 unspecified atom stereocenters. The van der Waals surface area contributed by atoms with E-state index in [0.717, 1.165) is 42.5 Å². The summed E-state index contributed by atoms with van der Waals surface area (Å²) in [6, 6.07) is 21.9. The Morgan fingerprint density at radius 3 is 2.06 bits per heavy atom. The van der Waals surface area contributed by atoms with Gasteiger partial charge in [0, 0.05) is 38.0 Å². The Morgan fingerprint density at radius 2 is 1.48 bits per heavy atom. The predicted molar refractivity (Wildman–Crippen MR) is 216 cm³/mol. The number of ketones is 1. The van der Waals surface area contributed by atoms with Crippen LogP contribution < -0.4 is 4.40 Å². The Morgan fingerprint density at radius 1 is 0.860 bits per heavy atom. The first kappa shape index (κ1) is 42.0. The van der Waals surface area contributed by atoms with Crippen molar-refractivity contribution < 1.29 is 30.0 Å². The number of aliphatic hydroxyl groups is 1. The number of carbonyl (C=O) groups excluding carboxylic acids is 1. The van der Waals surface area contributed by atoms with Gasteiger partial charge in [0.15, 0.2) is 5.78 Å². The van der Waals surface area contributed by atoms with Gasteiger partial charge in [-0.05, 0) is 25.7 Å². The summed E-state index contributed by atoms with van der Waals surface area (Å²) in [7, 11) is 0. The Bertz CT molecular complexity index is 1910. The Hall–Kier alpha value is -2.38. The Kier molecular flexibility index (Phi) is 15.5. The number of nitrogens with zero attached hydrogens (tertiary/aromatic N) is 2. The van der Waals surface area contributed by atoms with Crippen LogP contribution in [0, 0.1) is 17.9 Å². The summed E-state index contributed by atoms with van der Waals surface area (Å²) in [6.45, 7) is 22.1. The summed E-state index contributed by atoms with van der Waals surface area (Å²) in [5.74, 6) is 0.547. The largest absolute Gasteiger partial charge is 0 e. The molecule has 5 aromatic rings. The fraction of sp³-hybridized carbons (Fsp3) is 0.465. The van der Waals surface area contributed by atoms with Gasteiger partial charge in [0.2, 0.25) is 0 Å². The maximum Gasteiger partial charge on any atom is 0 e. The minimum atomic E-state index is -2.23. The molecule has 2 heterocycles. The maximum atomic E-state index is 11.7. The molecule has 271 valence electrons. The third-order valence-electron chi connectivity index (χ3n) is 10.8. The van der Waals surface area contributed by atoms with E-state index < -0.39 is 13.3 Å². The summed E-state index contributed by atoms with van der Waals surface area (Å²) < 4.78 is 4.07. The van der Waals surface area contributed by atoms with E-state index in [9.17, 15) is 9.90 Å². The number of thiophene rings is 1. The molecule has 0 aliphatic heterocycles. The second-order valence-electron chi connectivity index (χ2n) is 14.4. The van der Waals surface area contributed by atoms with Gasteiger partial charge < -0.3 is 5.11 Å². The number of benzene rings is 3. The van der Waals surface area contributed by atoms with Crippen molar-refractivity contribution >= 4 is 65.9 Å². The normalized spacial score (nSPS) is 12.4. The van der Waals surface area contributed by atoms with Crippen LogP contribution in [-0.4, -0.2) is 34.1 Å². The van der Waals surface area contributed by atoms with Crippen molar-refractivity contribution in [3.8, 4) is 11.3 Å². The van der Waals surface area contributed by atoms with Gasteiger partial charge >= 0.3 is 211 Å². The summed E-state index contributed by atoms with van der Waals surface area (Å²) in [6.07, 6.45) is 6.64. The second-order valence-corrected chi connectivity index (χ2v) is 26.5. The summed E-state index contributed by atoms with van der Waals surface area (Å²) in [4.78, 5) is 21.3. The molecule has 2 aromatic heterocycles. The van der Waals surface area contributed by atoms with Crippen molar-refractivity contribution in [2.24, 2.45) is 11.8 Å². The smallest absolute Gasteiger partial charge is 0 e. The van der Waals surface area contributed by atoms with Crippen LogP contribution in [0.2, 0.25) is 15.8 Å². The topological polar surface area (TPSA) is 63.1 Å². The van der Waals surface area contributed by atoms with Gasteiger partial charge in [0.1, 0.15) is 0 Å². The van der Waals surface area contributed by atoms with E-state index >= 15 is 0 Å². The molecule has 4 nitrogen and oxygen atoms in total. The van der Waals surface area contributed by atoms with Crippen LogP contribution in [0.15, 0.2) is 66.7 Å². The summed E-state index contributed by atoms with van der Waals surface area (Å²) >= 11 is -0.406. The molecule has 50 heavy (non-hydrogen) atoms. The third kappa shape index (κ3) is 8.97. The van der Waals surface area contributed by atoms with Crippen LogP contribution >= 0.6 is 11.3 Å². The fourth-order valence-corrected chi connectivity index (χ4v) is 16.5. The zero-order chi connectivity index (χ0) is 35.9. The fourth-order valence-electron chi connectivity index (χ4n) is 7.13. The Labute approximate surface area is 321 Å². The first-order chi connectivity index (χ1) is 23.4. The number of carbonyl (C=O) groups is 1. The van der Waals surface area contributed by atoms with Crippen LogP contribution in [0.5, 0.6) is 0 Å². The van der Waals surface area contributed by atoms with E-state index in [4.69, 9.17) is 9.97 Å². The summed E-state index contributed by atoms with van der Waals surface area (Å²) in [5.41, 5.74) is 4.68. The zero-order valence-electron chi connectivity index (χ0n) is 31.9. The molecule has 1 radical (unpaired) electrons. The molecule has 5 rings (SSSR count). The van der Waals surface area contributed by atoms with E-state index in [1.807, 2.05) is 39.0 Å². The maximum absolute atomic E-state index is 11.7. The van der Waals surface area contributed by atoms with Crippen molar-refractivity contribution in [3.63, 3.8) is 0 Å². The average molecular weight is 931 g/mol. The molecule has 0 saturated carbocycles. The van der Waals surface area contributed by atoms with E-state index in [0.29, 0.717) is 0 Å². The predicted octanol–water partition coefficient (Wildman–Crippen LogP) is 12.3. The van der Waals surface area contributed by atoms with E-state index in [2.05, 4.69) is 96.1 Å². The number of fused-ring (bicyclic) bond motifs is 4. The first-order valence-corrected chi connectivity index (χ1v) is 24.8. The van der Waals surface area contributed by atoms with Crippen LogP contribution in [0.1, 0.15) is 100 Å². The molecule has 3 aromatic carbocycles. The molecule has 0 saturated heterocycles. The number of rotatable bonds is 12. The monoisotopic (exact) mass is 932 g/mol. The second kappa shape index (κ2) is 18.4. The molecule has 0 spiro atoms. The SMILES string of the molecule is CCC(CC)C(=O)/C=C(\O)C(CC)CC.C[CH2][Ge]([CH2]C)([CH2]C)[c]1cc(-c2ncnc3c2sc2cc(C(C)(C)C)ccc23)[c-]c2ccccc12.[Ir]. The zero-order valence-corrected chi connectivity index (χ0v) is 37.2. The quantitative estimate of drug-likeness (QED) is 0.0586. The molecule has 0 atom stereocenters. The Balaban J connectivity index is 0.000000361. The van der Waals surface area contributed by atoms with Crippen molar-refractivity contribution in [3.05, 3.63) is 78.3 Å². The van der Waals surface area contributed by atoms with Crippen LogP contribution in [0.4, 0.5) is 0 Å². The first-order valence-electron chi connectivity index (χ1n) is 18.5. The molecular weight excluding hydrogens is 873 g/mol. The van der Waals surface area contributed by atoms with Crippen LogP contribution in [-0.2, 0) is 30.3 Å². The van der Waals surface area contributed by atoms with Gasteiger partial charge in [-0.25, -0.2) is 0 Å². The van der Waals surface area contributed by atoms with Gasteiger partial charge in [-0.3, -0.25) is 4.79 Å². The van der Waals surface area contributed by atoms with Gasteiger partial charge in [0.25, 0.3) is 0 Å². The van der Waals surface area contributed by atoms with Crippen molar-refractivity contribution in [2.45, 2.75) is 116 Å². The number of hydrogen-bond donors (Lipinski definition) is 1. The van der Waals surface area contributed by atoms with E-state index in [-0.39, 0.29) is 48.9 Å². The molecule has 0 fully saturated rings. The number of aliphatic hydroxyl groups excluding tert-OH is 1. The summed E-state index contributed by atoms with van der Waals surface area (Å²) in [5, 5.41) is 17.5. The van der Waals surface area contributed by atoms with E-state index in [1.165, 1.54) is 53.0 Å². The third-order valence-corrected chi connectivity index (χ3v) is 23.8. The minimum Gasteiger partial charge on any atom is 0 e. The molecule has 0 aliphatic carbocycles. The van der Waals surface area contributed by atoms with Crippen LogP contribution in [0.25, 0.3) is 42.3 Å². The molecule has 1 N–H and O–H groups in total. The average Bonchev–Trinajstić information content (AvgIpc) is 3.48. The molecule has 7 heteroatoms. The molecule has 0 aliphatic rings. The number of allylic oxidation sites excluding steroid dienone is 2. The van der Waals surface area contributed by atoms with Crippen molar-refractivity contribution in [2.75, 3.05) is 0 Å². The van der Waals surface area contributed by atoms with Gasteiger partial charge in [-0.15, -0.1) is 0 Å². The number of aromatic nitrogens is 2. The van der Waals surface area contributed by atoms with Crippen molar-refractivity contribution in [1.82, 2.24) is 9.97 Å². The van der Waals surface area contributed by atoms with Gasteiger partial charge in [-0.1, -0.05) is 27.7 Å². The molecule has 0 amide bonds. The number of hydrogen-bond acceptors (Lipinski definition) is 5. The van der Waals surface area contributed by atoms with Crippen LogP contribution in [0.3, 0.4) is 0 Å². The standard InChI is InChI=1S/C30H33GeN2S.C13H24O2.Ir/c1-7-31(8-2,9-3)25-17-21(16-20-12-10-11-13-23(20)25)27-29-28(33-19-32-27)24-15-14-22(30(4,5)6)18-26(24)34-29;1-5-10(6-2)12(14)9-13(15)11(7-3)8-4;/h10-15,17-19H,7-9H2,1-6H3;9-11,14H,5-8H2,1-4H3;/q-1;;/b;12-9-;. The van der Waals surface area contributed by atoms with E-state index in [1.54, 1.807) is 10.7 Å². The molecular formula is C43H57GeIrN2O2S-. The van der Waals surface area contributed by atoms with Gasteiger partial charge in [0.05, 0.1) is 5.76 Å². The van der Waals surface area contributed by atoms with Crippen molar-refractivity contribution in [1.29, 1.82) is 0 Å². The molecule has 0 bridgehead atoms. The van der Waals surface area contributed by atoms with Gasteiger partial charge in [-0.2, -0.15) is 0 Å². The minimum absolute atomic E-state index is 0.